The van der Waals surface area contributed by atoms with Crippen molar-refractivity contribution in [2.24, 2.45) is 5.92 Å². The summed E-state index contributed by atoms with van der Waals surface area (Å²) in [5.74, 6) is -0.437. The SMILES string of the molecule is CC(CC(Cc1ccc(-c2ccccc2)cc1)NC(=O)OC(C)(C)C)C(O)NS(C)(=O)=O. The smallest absolute Gasteiger partial charge is 0.407 e. The number of hydrogen-bond donors (Lipinski definition) is 3. The first kappa shape index (κ1) is 25.8. The third-order valence-corrected chi connectivity index (χ3v) is 5.46. The fourth-order valence-electron chi connectivity index (χ4n) is 3.33. The summed E-state index contributed by atoms with van der Waals surface area (Å²) < 4.78 is 30.5. The topological polar surface area (TPSA) is 105 Å². The Morgan fingerprint density at radius 1 is 1.03 bits per heavy atom. The molecule has 2 aromatic carbocycles. The van der Waals surface area contributed by atoms with Gasteiger partial charge in [0.2, 0.25) is 10.0 Å². The number of amides is 1. The van der Waals surface area contributed by atoms with Gasteiger partial charge in [-0.3, -0.25) is 0 Å². The van der Waals surface area contributed by atoms with Gasteiger partial charge < -0.3 is 15.2 Å². The van der Waals surface area contributed by atoms with E-state index in [1.165, 1.54) is 0 Å². The molecule has 7 nitrogen and oxygen atoms in total. The average Bonchev–Trinajstić information content (AvgIpc) is 2.66. The van der Waals surface area contributed by atoms with Gasteiger partial charge in [-0.05, 0) is 56.2 Å². The van der Waals surface area contributed by atoms with E-state index in [1.54, 1.807) is 27.7 Å². The summed E-state index contributed by atoms with van der Waals surface area (Å²) in [5.41, 5.74) is 2.57. The number of carbonyl (C=O) groups is 1. The lowest BCUT2D eigenvalue weighted by atomic mass is 9.94. The van der Waals surface area contributed by atoms with Crippen molar-refractivity contribution in [1.82, 2.24) is 10.0 Å². The van der Waals surface area contributed by atoms with Crippen LogP contribution in [0.5, 0.6) is 0 Å². The van der Waals surface area contributed by atoms with Gasteiger partial charge in [0.25, 0.3) is 0 Å². The Labute approximate surface area is 191 Å². The standard InChI is InChI=1S/C24H34N2O5S/c1-17(22(27)26-32(5,29)30)15-21(25-23(28)31-24(2,3)4)16-18-11-13-20(14-12-18)19-9-7-6-8-10-19/h6-14,17,21-22,26-27H,15-16H2,1-5H3,(H,25,28). The summed E-state index contributed by atoms with van der Waals surface area (Å²) in [6, 6.07) is 17.7. The molecule has 3 N–H and O–H groups in total. The summed E-state index contributed by atoms with van der Waals surface area (Å²) in [5, 5.41) is 13.1. The Bertz CT molecular complexity index is 970. The zero-order valence-electron chi connectivity index (χ0n) is 19.3. The number of ether oxygens (including phenoxy) is 1. The van der Waals surface area contributed by atoms with E-state index in [9.17, 15) is 18.3 Å². The van der Waals surface area contributed by atoms with Gasteiger partial charge in [-0.1, -0.05) is 61.5 Å². The Kier molecular flexibility index (Phi) is 8.83. The summed E-state index contributed by atoms with van der Waals surface area (Å²) in [4.78, 5) is 12.4. The van der Waals surface area contributed by atoms with E-state index in [0.717, 1.165) is 22.9 Å². The van der Waals surface area contributed by atoms with E-state index in [-0.39, 0.29) is 6.04 Å². The van der Waals surface area contributed by atoms with Gasteiger partial charge in [-0.15, -0.1) is 0 Å². The van der Waals surface area contributed by atoms with Crippen LogP contribution in [0.25, 0.3) is 11.1 Å². The zero-order valence-corrected chi connectivity index (χ0v) is 20.1. The lowest BCUT2D eigenvalue weighted by Gasteiger charge is -2.27. The number of alkyl carbamates (subject to hydrolysis) is 1. The normalized spacial score (nSPS) is 14.9. The lowest BCUT2D eigenvalue weighted by Crippen LogP contribution is -2.44. The minimum atomic E-state index is -3.55. The van der Waals surface area contributed by atoms with Gasteiger partial charge in [0.05, 0.1) is 6.26 Å². The van der Waals surface area contributed by atoms with Crippen molar-refractivity contribution in [1.29, 1.82) is 0 Å². The van der Waals surface area contributed by atoms with Crippen molar-refractivity contribution < 1.29 is 23.1 Å². The second-order valence-corrected chi connectivity index (χ2v) is 10.9. The molecule has 8 heteroatoms. The molecule has 2 rings (SSSR count). The maximum Gasteiger partial charge on any atom is 0.407 e. The van der Waals surface area contributed by atoms with Crippen molar-refractivity contribution in [3.63, 3.8) is 0 Å². The van der Waals surface area contributed by atoms with Gasteiger partial charge in [-0.25, -0.2) is 13.2 Å². The lowest BCUT2D eigenvalue weighted by molar-refractivity contribution is 0.0473. The van der Waals surface area contributed by atoms with Crippen LogP contribution in [0.3, 0.4) is 0 Å². The van der Waals surface area contributed by atoms with E-state index < -0.39 is 33.9 Å². The number of aliphatic hydroxyl groups excluding tert-OH is 1. The molecule has 3 atom stereocenters. The van der Waals surface area contributed by atoms with Crippen molar-refractivity contribution in [3.05, 3.63) is 60.2 Å². The largest absolute Gasteiger partial charge is 0.444 e. The van der Waals surface area contributed by atoms with E-state index in [4.69, 9.17) is 4.74 Å². The molecule has 3 unspecified atom stereocenters. The Hall–Kier alpha value is -2.42. The van der Waals surface area contributed by atoms with Crippen LogP contribution in [0.2, 0.25) is 0 Å². The minimum Gasteiger partial charge on any atom is -0.444 e. The van der Waals surface area contributed by atoms with Crippen molar-refractivity contribution >= 4 is 16.1 Å². The second-order valence-electron chi connectivity index (χ2n) is 9.16. The van der Waals surface area contributed by atoms with Crippen LogP contribution < -0.4 is 10.0 Å². The molecule has 0 bridgehead atoms. The molecule has 0 saturated carbocycles. The maximum atomic E-state index is 12.4. The molecule has 0 aromatic heterocycles. The molecule has 32 heavy (non-hydrogen) atoms. The molecular weight excluding hydrogens is 428 g/mol. The van der Waals surface area contributed by atoms with E-state index >= 15 is 0 Å². The van der Waals surface area contributed by atoms with Crippen LogP contribution in [0, 0.1) is 5.92 Å². The van der Waals surface area contributed by atoms with Gasteiger partial charge >= 0.3 is 6.09 Å². The van der Waals surface area contributed by atoms with Gasteiger partial charge in [0, 0.05) is 6.04 Å². The third kappa shape index (κ3) is 9.38. The number of carbonyl (C=O) groups excluding carboxylic acids is 1. The highest BCUT2D eigenvalue weighted by Gasteiger charge is 2.25. The van der Waals surface area contributed by atoms with Crippen LogP contribution in [-0.4, -0.2) is 43.7 Å². The van der Waals surface area contributed by atoms with Crippen molar-refractivity contribution in [2.45, 2.75) is 58.4 Å². The van der Waals surface area contributed by atoms with Crippen LogP contribution >= 0.6 is 0 Å². The van der Waals surface area contributed by atoms with E-state index in [2.05, 4.69) is 10.0 Å². The quantitative estimate of drug-likeness (QED) is 0.493. The fourth-order valence-corrected chi connectivity index (χ4v) is 4.00. The highest BCUT2D eigenvalue weighted by atomic mass is 32.2. The van der Waals surface area contributed by atoms with Crippen LogP contribution in [0.15, 0.2) is 54.6 Å². The summed E-state index contributed by atoms with van der Waals surface area (Å²) in [6.07, 6.45) is 0.0379. The van der Waals surface area contributed by atoms with Crippen molar-refractivity contribution in [2.75, 3.05) is 6.26 Å². The number of sulfonamides is 1. The molecule has 0 heterocycles. The Balaban J connectivity index is 2.13. The zero-order chi connectivity index (χ0) is 23.9. The first-order valence-corrected chi connectivity index (χ1v) is 12.5. The van der Waals surface area contributed by atoms with Crippen LogP contribution in [-0.2, 0) is 21.2 Å². The van der Waals surface area contributed by atoms with E-state index in [1.807, 2.05) is 54.6 Å². The van der Waals surface area contributed by atoms with Crippen LogP contribution in [0.4, 0.5) is 4.79 Å². The maximum absolute atomic E-state index is 12.4. The molecule has 2 aromatic rings. The Morgan fingerprint density at radius 2 is 1.59 bits per heavy atom. The average molecular weight is 463 g/mol. The highest BCUT2D eigenvalue weighted by Crippen LogP contribution is 2.21. The number of aliphatic hydroxyl groups is 1. The number of nitrogens with one attached hydrogen (secondary N) is 2. The molecule has 0 spiro atoms. The van der Waals surface area contributed by atoms with E-state index in [0.29, 0.717) is 12.8 Å². The number of benzene rings is 2. The summed E-state index contributed by atoms with van der Waals surface area (Å²) in [7, 11) is -3.55. The van der Waals surface area contributed by atoms with Crippen molar-refractivity contribution in [3.8, 4) is 11.1 Å². The predicted octanol–water partition coefficient (Wildman–Crippen LogP) is 3.68. The highest BCUT2D eigenvalue weighted by molar-refractivity contribution is 7.88. The fraction of sp³-hybridized carbons (Fsp3) is 0.458. The predicted molar refractivity (Wildman–Crippen MR) is 127 cm³/mol. The molecule has 0 aliphatic carbocycles. The molecular formula is C24H34N2O5S. The molecule has 0 radical (unpaired) electrons. The summed E-state index contributed by atoms with van der Waals surface area (Å²) in [6.45, 7) is 7.08. The first-order chi connectivity index (χ1) is 14.8. The van der Waals surface area contributed by atoms with Gasteiger partial charge in [0.1, 0.15) is 11.8 Å². The summed E-state index contributed by atoms with van der Waals surface area (Å²) >= 11 is 0. The monoisotopic (exact) mass is 462 g/mol. The third-order valence-electron chi connectivity index (χ3n) is 4.79. The van der Waals surface area contributed by atoms with Gasteiger partial charge in [-0.2, -0.15) is 4.72 Å². The Morgan fingerprint density at radius 3 is 2.12 bits per heavy atom. The number of hydrogen-bond acceptors (Lipinski definition) is 5. The molecule has 176 valence electrons. The first-order valence-electron chi connectivity index (χ1n) is 10.6. The molecule has 0 aliphatic rings. The molecule has 1 amide bonds. The second kappa shape index (κ2) is 10.9. The number of rotatable bonds is 9. The molecule has 0 fully saturated rings. The minimum absolute atomic E-state index is 0.351. The molecule has 0 aliphatic heterocycles. The van der Waals surface area contributed by atoms with Crippen LogP contribution in [0.1, 0.15) is 39.7 Å². The molecule has 0 saturated heterocycles. The van der Waals surface area contributed by atoms with Gasteiger partial charge in [0.15, 0.2) is 0 Å².